The molecule has 0 radical (unpaired) electrons. The Morgan fingerprint density at radius 2 is 1.88 bits per heavy atom. The minimum Gasteiger partial charge on any atom is -0.326 e. The number of nitrogens with zero attached hydrogens (tertiary/aromatic N) is 2. The third kappa shape index (κ3) is 3.64. The van der Waals surface area contributed by atoms with Crippen LogP contribution in [-0.4, -0.2) is 15.5 Å². The Hall–Kier alpha value is -3.02. The summed E-state index contributed by atoms with van der Waals surface area (Å²) in [5.74, 6) is -0.699. The summed E-state index contributed by atoms with van der Waals surface area (Å²) < 4.78 is 14.8. The van der Waals surface area contributed by atoms with Crippen LogP contribution in [0.1, 0.15) is 23.2 Å². The van der Waals surface area contributed by atoms with Crippen molar-refractivity contribution in [2.75, 3.05) is 5.32 Å². The average Bonchev–Trinajstić information content (AvgIpc) is 2.57. The van der Waals surface area contributed by atoms with Crippen LogP contribution in [0.4, 0.5) is 10.1 Å². The fourth-order valence-electron chi connectivity index (χ4n) is 2.85. The summed E-state index contributed by atoms with van der Waals surface area (Å²) >= 11 is 0. The number of halogens is 1. The molecule has 1 heterocycles. The molecule has 0 bridgehead atoms. The van der Waals surface area contributed by atoms with E-state index in [0.29, 0.717) is 16.9 Å². The zero-order valence-electron chi connectivity index (χ0n) is 15.0. The lowest BCUT2D eigenvalue weighted by Crippen LogP contribution is -2.26. The van der Waals surface area contributed by atoms with Crippen LogP contribution in [0, 0.1) is 26.6 Å². The molecule has 5 nitrogen and oxygen atoms in total. The van der Waals surface area contributed by atoms with E-state index in [2.05, 4.69) is 10.3 Å². The van der Waals surface area contributed by atoms with Gasteiger partial charge in [0.2, 0.25) is 5.91 Å². The summed E-state index contributed by atoms with van der Waals surface area (Å²) in [4.78, 5) is 29.1. The standard InChI is InChI=1S/C20H20FN3O2/c1-12-9-17-18(10-13(12)2)24(20(26)14(3)22-17)8-7-19(25)23-16-6-4-5-15(21)11-16/h4-6,9-11H,7-8H2,1-3H3,(H,23,25). The normalized spacial score (nSPS) is 10.9. The molecule has 0 aliphatic carbocycles. The van der Waals surface area contributed by atoms with Crippen LogP contribution < -0.4 is 10.9 Å². The molecule has 2 aromatic carbocycles. The van der Waals surface area contributed by atoms with E-state index in [-0.39, 0.29) is 24.4 Å². The van der Waals surface area contributed by atoms with E-state index in [1.807, 2.05) is 26.0 Å². The van der Waals surface area contributed by atoms with Crippen molar-refractivity contribution in [2.24, 2.45) is 0 Å². The van der Waals surface area contributed by atoms with Gasteiger partial charge in [0, 0.05) is 18.7 Å². The van der Waals surface area contributed by atoms with Crippen LogP contribution in [0.15, 0.2) is 41.2 Å². The number of hydrogen-bond donors (Lipinski definition) is 1. The molecule has 3 aromatic rings. The van der Waals surface area contributed by atoms with Gasteiger partial charge in [-0.05, 0) is 62.2 Å². The van der Waals surface area contributed by atoms with Gasteiger partial charge < -0.3 is 9.88 Å². The molecule has 0 fully saturated rings. The number of amides is 1. The van der Waals surface area contributed by atoms with Crippen molar-refractivity contribution in [3.8, 4) is 0 Å². The van der Waals surface area contributed by atoms with Gasteiger partial charge in [0.25, 0.3) is 5.56 Å². The van der Waals surface area contributed by atoms with Gasteiger partial charge in [-0.25, -0.2) is 9.37 Å². The maximum absolute atomic E-state index is 13.2. The molecule has 0 aliphatic rings. The summed E-state index contributed by atoms with van der Waals surface area (Å²) in [6, 6.07) is 9.57. The van der Waals surface area contributed by atoms with Crippen LogP contribution in [-0.2, 0) is 11.3 Å². The van der Waals surface area contributed by atoms with Gasteiger partial charge in [-0.15, -0.1) is 0 Å². The number of carbonyl (C=O) groups is 1. The Morgan fingerprint density at radius 3 is 2.62 bits per heavy atom. The highest BCUT2D eigenvalue weighted by molar-refractivity contribution is 5.90. The first-order valence-corrected chi connectivity index (χ1v) is 8.39. The molecule has 0 saturated heterocycles. The number of rotatable bonds is 4. The zero-order chi connectivity index (χ0) is 18.8. The van der Waals surface area contributed by atoms with Crippen molar-refractivity contribution in [2.45, 2.75) is 33.7 Å². The van der Waals surface area contributed by atoms with E-state index < -0.39 is 5.82 Å². The van der Waals surface area contributed by atoms with Gasteiger partial charge in [-0.1, -0.05) is 6.07 Å². The first kappa shape index (κ1) is 17.8. The summed E-state index contributed by atoms with van der Waals surface area (Å²) in [7, 11) is 0. The molecule has 0 aliphatic heterocycles. The number of aromatic nitrogens is 2. The van der Waals surface area contributed by atoms with Crippen molar-refractivity contribution in [3.63, 3.8) is 0 Å². The van der Waals surface area contributed by atoms with Crippen molar-refractivity contribution >= 4 is 22.6 Å². The highest BCUT2D eigenvalue weighted by Crippen LogP contribution is 2.17. The average molecular weight is 353 g/mol. The molecule has 3 rings (SSSR count). The SMILES string of the molecule is Cc1cc2nc(C)c(=O)n(CCC(=O)Nc3cccc(F)c3)c2cc1C. The van der Waals surface area contributed by atoms with Crippen LogP contribution in [0.3, 0.4) is 0 Å². The molecular formula is C20H20FN3O2. The van der Waals surface area contributed by atoms with Crippen LogP contribution in [0.2, 0.25) is 0 Å². The monoisotopic (exact) mass is 353 g/mol. The van der Waals surface area contributed by atoms with Gasteiger partial charge in [0.15, 0.2) is 0 Å². The Bertz CT molecular complexity index is 1060. The van der Waals surface area contributed by atoms with Crippen molar-refractivity contribution in [1.29, 1.82) is 0 Å². The van der Waals surface area contributed by atoms with Gasteiger partial charge >= 0.3 is 0 Å². The lowest BCUT2D eigenvalue weighted by molar-refractivity contribution is -0.116. The molecule has 0 unspecified atom stereocenters. The Balaban J connectivity index is 1.86. The zero-order valence-corrected chi connectivity index (χ0v) is 15.0. The first-order valence-electron chi connectivity index (χ1n) is 8.39. The van der Waals surface area contributed by atoms with E-state index >= 15 is 0 Å². The van der Waals surface area contributed by atoms with Crippen LogP contribution >= 0.6 is 0 Å². The van der Waals surface area contributed by atoms with Crippen molar-refractivity contribution in [3.05, 3.63) is 69.4 Å². The second-order valence-corrected chi connectivity index (χ2v) is 6.39. The number of anilines is 1. The maximum Gasteiger partial charge on any atom is 0.272 e. The predicted octanol–water partition coefficient (Wildman–Crippen LogP) is 3.49. The lowest BCUT2D eigenvalue weighted by Gasteiger charge is -2.13. The van der Waals surface area contributed by atoms with Crippen molar-refractivity contribution < 1.29 is 9.18 Å². The molecule has 1 N–H and O–H groups in total. The van der Waals surface area contributed by atoms with E-state index in [9.17, 15) is 14.0 Å². The summed E-state index contributed by atoms with van der Waals surface area (Å²) in [5.41, 5.74) is 4.17. The quantitative estimate of drug-likeness (QED) is 0.781. The minimum atomic E-state index is -0.416. The highest BCUT2D eigenvalue weighted by Gasteiger charge is 2.11. The number of aryl methyl sites for hydroxylation is 4. The van der Waals surface area contributed by atoms with Crippen LogP contribution in [0.5, 0.6) is 0 Å². The number of benzene rings is 2. The molecular weight excluding hydrogens is 333 g/mol. The molecule has 0 spiro atoms. The molecule has 26 heavy (non-hydrogen) atoms. The number of hydrogen-bond acceptors (Lipinski definition) is 3. The van der Waals surface area contributed by atoms with Gasteiger partial charge in [-0.2, -0.15) is 0 Å². The summed E-state index contributed by atoms with van der Waals surface area (Å²) in [6.07, 6.45) is 0.0991. The smallest absolute Gasteiger partial charge is 0.272 e. The van der Waals surface area contributed by atoms with Crippen LogP contribution in [0.25, 0.3) is 11.0 Å². The lowest BCUT2D eigenvalue weighted by atomic mass is 10.1. The molecule has 1 aromatic heterocycles. The topological polar surface area (TPSA) is 64.0 Å². The van der Waals surface area contributed by atoms with E-state index in [1.54, 1.807) is 17.6 Å². The molecule has 0 saturated carbocycles. The van der Waals surface area contributed by atoms with E-state index in [4.69, 9.17) is 0 Å². The first-order chi connectivity index (χ1) is 12.3. The highest BCUT2D eigenvalue weighted by atomic mass is 19.1. The third-order valence-corrected chi connectivity index (χ3v) is 4.40. The maximum atomic E-state index is 13.2. The molecule has 0 atom stereocenters. The van der Waals surface area contributed by atoms with E-state index in [0.717, 1.165) is 16.6 Å². The fraction of sp³-hybridized carbons (Fsp3) is 0.250. The molecule has 1 amide bonds. The molecule has 6 heteroatoms. The van der Waals surface area contributed by atoms with Crippen molar-refractivity contribution in [1.82, 2.24) is 9.55 Å². The largest absolute Gasteiger partial charge is 0.326 e. The Labute approximate surface area is 150 Å². The number of carbonyl (C=O) groups excluding carboxylic acids is 1. The minimum absolute atomic E-state index is 0.0991. The van der Waals surface area contributed by atoms with Gasteiger partial charge in [-0.3, -0.25) is 9.59 Å². The van der Waals surface area contributed by atoms with Gasteiger partial charge in [0.05, 0.1) is 11.0 Å². The van der Waals surface area contributed by atoms with Gasteiger partial charge in [0.1, 0.15) is 11.5 Å². The number of fused-ring (bicyclic) bond motifs is 1. The Kier molecular flexibility index (Phi) is 4.84. The predicted molar refractivity (Wildman–Crippen MR) is 99.9 cm³/mol. The summed E-state index contributed by atoms with van der Waals surface area (Å²) in [5, 5.41) is 2.65. The Morgan fingerprint density at radius 1 is 1.15 bits per heavy atom. The third-order valence-electron chi connectivity index (χ3n) is 4.40. The fourth-order valence-corrected chi connectivity index (χ4v) is 2.85. The second-order valence-electron chi connectivity index (χ2n) is 6.39. The van der Waals surface area contributed by atoms with E-state index in [1.165, 1.54) is 18.2 Å². The second kappa shape index (κ2) is 7.07. The number of nitrogens with one attached hydrogen (secondary N) is 1. The summed E-state index contributed by atoms with van der Waals surface area (Å²) in [6.45, 7) is 5.86. The molecule has 134 valence electrons.